The normalized spacial score (nSPS) is 17.8. The summed E-state index contributed by atoms with van der Waals surface area (Å²) in [6.45, 7) is 1.36. The maximum Gasteiger partial charge on any atom is 0.272 e. The number of likely N-dealkylation sites (tertiary alicyclic amines) is 1. The van der Waals surface area contributed by atoms with E-state index in [0.29, 0.717) is 17.3 Å². The molecule has 1 aromatic carbocycles. The van der Waals surface area contributed by atoms with E-state index < -0.39 is 0 Å². The first-order chi connectivity index (χ1) is 12.7. The number of halogens is 1. The fraction of sp³-hybridized carbons (Fsp3) is 0.368. The molecule has 0 saturated carbocycles. The highest BCUT2D eigenvalue weighted by atomic mass is 35.5. The van der Waals surface area contributed by atoms with Crippen LogP contribution in [0.2, 0.25) is 5.02 Å². The van der Waals surface area contributed by atoms with Gasteiger partial charge in [-0.1, -0.05) is 23.7 Å². The molecule has 136 valence electrons. The van der Waals surface area contributed by atoms with E-state index >= 15 is 0 Å². The number of hydrogen-bond donors (Lipinski definition) is 0. The molecule has 1 saturated heterocycles. The summed E-state index contributed by atoms with van der Waals surface area (Å²) >= 11 is 7.45. The number of benzene rings is 1. The Labute approximate surface area is 161 Å². The number of nitrogens with zero attached hydrogens (tertiary/aromatic N) is 3. The highest BCUT2D eigenvalue weighted by Crippen LogP contribution is 2.27. The number of imidazole rings is 1. The van der Waals surface area contributed by atoms with Crippen molar-refractivity contribution in [2.45, 2.75) is 25.3 Å². The van der Waals surface area contributed by atoms with Gasteiger partial charge >= 0.3 is 0 Å². The van der Waals surface area contributed by atoms with Crippen molar-refractivity contribution in [1.82, 2.24) is 14.3 Å². The molecular weight excluding hydrogens is 370 g/mol. The number of thiazole rings is 1. The molecular formula is C19H20ClN3O2S. The van der Waals surface area contributed by atoms with Gasteiger partial charge in [-0.3, -0.25) is 9.20 Å². The largest absolute Gasteiger partial charge is 0.383 e. The van der Waals surface area contributed by atoms with E-state index in [2.05, 4.69) is 4.98 Å². The monoisotopic (exact) mass is 389 g/mol. The molecule has 0 N–H and O–H groups in total. The summed E-state index contributed by atoms with van der Waals surface area (Å²) in [6, 6.07) is 7.72. The number of fused-ring (bicyclic) bond motifs is 1. The highest BCUT2D eigenvalue weighted by Gasteiger charge is 2.29. The summed E-state index contributed by atoms with van der Waals surface area (Å²) in [5.41, 5.74) is 2.49. The summed E-state index contributed by atoms with van der Waals surface area (Å²) in [7, 11) is 1.69. The van der Waals surface area contributed by atoms with Crippen LogP contribution in [-0.4, -0.2) is 46.5 Å². The summed E-state index contributed by atoms with van der Waals surface area (Å²) in [5.74, 6) is 0.0538. The fourth-order valence-corrected chi connectivity index (χ4v) is 4.45. The molecule has 1 atom stereocenters. The molecule has 1 aliphatic heterocycles. The Balaban J connectivity index is 1.66. The highest BCUT2D eigenvalue weighted by molar-refractivity contribution is 7.15. The summed E-state index contributed by atoms with van der Waals surface area (Å²) in [4.78, 5) is 20.6. The van der Waals surface area contributed by atoms with Crippen LogP contribution in [0.5, 0.6) is 0 Å². The van der Waals surface area contributed by atoms with Crippen LogP contribution in [0.15, 0.2) is 35.8 Å². The van der Waals surface area contributed by atoms with Crippen LogP contribution in [0, 0.1) is 0 Å². The van der Waals surface area contributed by atoms with E-state index in [9.17, 15) is 4.79 Å². The van der Waals surface area contributed by atoms with Crippen molar-refractivity contribution in [3.8, 4) is 11.3 Å². The van der Waals surface area contributed by atoms with Crippen LogP contribution in [0.4, 0.5) is 0 Å². The van der Waals surface area contributed by atoms with Gasteiger partial charge in [0.05, 0.1) is 18.3 Å². The van der Waals surface area contributed by atoms with Crippen molar-refractivity contribution in [3.63, 3.8) is 0 Å². The van der Waals surface area contributed by atoms with Crippen LogP contribution in [-0.2, 0) is 4.74 Å². The quantitative estimate of drug-likeness (QED) is 0.666. The second kappa shape index (κ2) is 7.39. The van der Waals surface area contributed by atoms with Gasteiger partial charge in [0.15, 0.2) is 4.96 Å². The SMILES string of the molecule is COCC1CCCCN1C(=O)c1csc2nc(-c3ccc(Cl)cc3)cn12. The lowest BCUT2D eigenvalue weighted by atomic mass is 10.0. The topological polar surface area (TPSA) is 46.8 Å². The van der Waals surface area contributed by atoms with Gasteiger partial charge in [0.25, 0.3) is 5.91 Å². The first-order valence-electron chi connectivity index (χ1n) is 8.70. The Morgan fingerprint density at radius 2 is 2.15 bits per heavy atom. The molecule has 4 rings (SSSR count). The maximum atomic E-state index is 13.2. The Morgan fingerprint density at radius 3 is 2.92 bits per heavy atom. The van der Waals surface area contributed by atoms with Crippen LogP contribution in [0.1, 0.15) is 29.8 Å². The molecule has 26 heavy (non-hydrogen) atoms. The zero-order chi connectivity index (χ0) is 18.1. The molecule has 0 aliphatic carbocycles. The molecule has 2 aromatic heterocycles. The van der Waals surface area contributed by atoms with Gasteiger partial charge in [-0.15, -0.1) is 11.3 Å². The van der Waals surface area contributed by atoms with Crippen LogP contribution in [0.3, 0.4) is 0 Å². The second-order valence-electron chi connectivity index (χ2n) is 6.51. The lowest BCUT2D eigenvalue weighted by Gasteiger charge is -2.35. The van der Waals surface area contributed by atoms with Gasteiger partial charge in [0.2, 0.25) is 0 Å². The van der Waals surface area contributed by atoms with E-state index in [0.717, 1.165) is 42.0 Å². The van der Waals surface area contributed by atoms with Crippen LogP contribution >= 0.6 is 22.9 Å². The van der Waals surface area contributed by atoms with Crippen LogP contribution in [0.25, 0.3) is 16.2 Å². The first kappa shape index (κ1) is 17.5. The predicted octanol–water partition coefficient (Wildman–Crippen LogP) is 4.36. The average Bonchev–Trinajstić information content (AvgIpc) is 3.23. The molecule has 3 aromatic rings. The fourth-order valence-electron chi connectivity index (χ4n) is 3.48. The van der Waals surface area contributed by atoms with Gasteiger partial charge in [-0.2, -0.15) is 0 Å². The minimum absolute atomic E-state index is 0.0538. The molecule has 1 unspecified atom stereocenters. The van der Waals surface area contributed by atoms with Gasteiger partial charge in [0, 0.05) is 35.8 Å². The zero-order valence-corrected chi connectivity index (χ0v) is 16.1. The number of amides is 1. The number of carbonyl (C=O) groups is 1. The zero-order valence-electron chi connectivity index (χ0n) is 14.5. The Hall–Kier alpha value is -1.89. The third kappa shape index (κ3) is 3.24. The molecule has 1 amide bonds. The van der Waals surface area contributed by atoms with Gasteiger partial charge in [-0.05, 0) is 31.4 Å². The second-order valence-corrected chi connectivity index (χ2v) is 7.78. The number of methoxy groups -OCH3 is 1. The van der Waals surface area contributed by atoms with E-state index in [1.165, 1.54) is 11.3 Å². The number of carbonyl (C=O) groups excluding carboxylic acids is 1. The maximum absolute atomic E-state index is 13.2. The number of rotatable bonds is 4. The van der Waals surface area contributed by atoms with Crippen molar-refractivity contribution >= 4 is 33.8 Å². The van der Waals surface area contributed by atoms with Crippen molar-refractivity contribution in [3.05, 3.63) is 46.6 Å². The molecule has 5 nitrogen and oxygen atoms in total. The molecule has 7 heteroatoms. The minimum Gasteiger partial charge on any atom is -0.383 e. The average molecular weight is 390 g/mol. The van der Waals surface area contributed by atoms with E-state index in [1.54, 1.807) is 7.11 Å². The number of aromatic nitrogens is 2. The van der Waals surface area contributed by atoms with E-state index in [4.69, 9.17) is 16.3 Å². The summed E-state index contributed by atoms with van der Waals surface area (Å²) < 4.78 is 7.22. The lowest BCUT2D eigenvalue weighted by Crippen LogP contribution is -2.46. The molecule has 1 aliphatic rings. The minimum atomic E-state index is 0.0538. The summed E-state index contributed by atoms with van der Waals surface area (Å²) in [5, 5.41) is 2.59. The van der Waals surface area contributed by atoms with E-state index in [1.807, 2.05) is 45.1 Å². The summed E-state index contributed by atoms with van der Waals surface area (Å²) in [6.07, 6.45) is 5.10. The standard InChI is InChI=1S/C19H20ClN3O2S/c1-25-11-15-4-2-3-9-22(15)18(24)17-12-26-19-21-16(10-23(17)19)13-5-7-14(20)8-6-13/h5-8,10,12,15H,2-4,9,11H2,1H3. The van der Waals surface area contributed by atoms with Crippen molar-refractivity contribution in [1.29, 1.82) is 0 Å². The smallest absolute Gasteiger partial charge is 0.272 e. The lowest BCUT2D eigenvalue weighted by molar-refractivity contribution is 0.0422. The number of piperidine rings is 1. The van der Waals surface area contributed by atoms with Gasteiger partial charge in [-0.25, -0.2) is 4.98 Å². The predicted molar refractivity (Wildman–Crippen MR) is 104 cm³/mol. The third-order valence-corrected chi connectivity index (χ3v) is 5.91. The molecule has 1 fully saturated rings. The van der Waals surface area contributed by atoms with Crippen molar-refractivity contribution in [2.75, 3.05) is 20.3 Å². The molecule has 0 radical (unpaired) electrons. The molecule has 3 heterocycles. The first-order valence-corrected chi connectivity index (χ1v) is 9.95. The Bertz CT molecular complexity index is 917. The number of ether oxygens (including phenoxy) is 1. The third-order valence-electron chi connectivity index (χ3n) is 4.82. The number of hydrogen-bond acceptors (Lipinski definition) is 4. The Kier molecular flexibility index (Phi) is 4.98. The van der Waals surface area contributed by atoms with Gasteiger partial charge in [0.1, 0.15) is 5.69 Å². The molecule has 0 spiro atoms. The molecule has 0 bridgehead atoms. The Morgan fingerprint density at radius 1 is 1.35 bits per heavy atom. The van der Waals surface area contributed by atoms with Crippen molar-refractivity contribution < 1.29 is 9.53 Å². The van der Waals surface area contributed by atoms with Crippen molar-refractivity contribution in [2.24, 2.45) is 0 Å². The van der Waals surface area contributed by atoms with Gasteiger partial charge < -0.3 is 9.64 Å². The van der Waals surface area contributed by atoms with E-state index in [-0.39, 0.29) is 11.9 Å². The van der Waals surface area contributed by atoms with Crippen LogP contribution < -0.4 is 0 Å².